The summed E-state index contributed by atoms with van der Waals surface area (Å²) in [5.74, 6) is 1.19. The Balaban J connectivity index is 0.00000169. The second-order valence-corrected chi connectivity index (χ2v) is 7.72. The highest BCUT2D eigenvalue weighted by Gasteiger charge is 2.43. The summed E-state index contributed by atoms with van der Waals surface area (Å²) in [6.45, 7) is 4.22. The van der Waals surface area contributed by atoms with Gasteiger partial charge in [-0.1, -0.05) is 22.0 Å². The summed E-state index contributed by atoms with van der Waals surface area (Å²) in [4.78, 5) is 28.9. The van der Waals surface area contributed by atoms with Crippen LogP contribution in [0.15, 0.2) is 28.7 Å². The Kier molecular flexibility index (Phi) is 5.18. The van der Waals surface area contributed by atoms with E-state index in [9.17, 15) is 9.59 Å². The first-order chi connectivity index (χ1) is 11.1. The number of hydrogen-bond donors (Lipinski definition) is 1. The van der Waals surface area contributed by atoms with Gasteiger partial charge >= 0.3 is 0 Å². The van der Waals surface area contributed by atoms with E-state index in [1.165, 1.54) is 0 Å². The lowest BCUT2D eigenvalue weighted by Crippen LogP contribution is -2.37. The van der Waals surface area contributed by atoms with Crippen molar-refractivity contribution < 1.29 is 9.59 Å². The lowest BCUT2D eigenvalue weighted by molar-refractivity contribution is -0.135. The van der Waals surface area contributed by atoms with Gasteiger partial charge in [-0.25, -0.2) is 0 Å². The van der Waals surface area contributed by atoms with Crippen molar-refractivity contribution in [3.63, 3.8) is 0 Å². The minimum absolute atomic E-state index is 0. The fourth-order valence-corrected chi connectivity index (χ4v) is 4.45. The van der Waals surface area contributed by atoms with Crippen LogP contribution in [0.25, 0.3) is 0 Å². The van der Waals surface area contributed by atoms with Crippen LogP contribution in [-0.4, -0.2) is 49.4 Å². The second-order valence-electron chi connectivity index (χ2n) is 6.81. The number of likely N-dealkylation sites (tertiary alicyclic amines) is 1. The first-order valence-corrected chi connectivity index (χ1v) is 8.96. The zero-order valence-corrected chi connectivity index (χ0v) is 15.7. The predicted molar refractivity (Wildman–Crippen MR) is 98.3 cm³/mol. The first kappa shape index (κ1) is 17.7. The number of nitrogens with one attached hydrogen (secondary N) is 1. The molecule has 3 fully saturated rings. The summed E-state index contributed by atoms with van der Waals surface area (Å²) < 4.78 is 0.942. The van der Waals surface area contributed by atoms with Crippen LogP contribution in [0.3, 0.4) is 0 Å². The summed E-state index contributed by atoms with van der Waals surface area (Å²) >= 11 is 3.44. The summed E-state index contributed by atoms with van der Waals surface area (Å²) in [5, 5.41) is 3.39. The molecule has 1 aromatic carbocycles. The molecule has 1 N–H and O–H groups in total. The van der Waals surface area contributed by atoms with Gasteiger partial charge in [-0.2, -0.15) is 0 Å². The minimum atomic E-state index is -0.201. The molecule has 7 heteroatoms. The molecule has 1 unspecified atom stereocenters. The van der Waals surface area contributed by atoms with Crippen molar-refractivity contribution >= 4 is 45.8 Å². The number of fused-ring (bicyclic) bond motifs is 1. The van der Waals surface area contributed by atoms with E-state index in [0.29, 0.717) is 24.8 Å². The van der Waals surface area contributed by atoms with Crippen LogP contribution >= 0.6 is 28.3 Å². The highest BCUT2D eigenvalue weighted by atomic mass is 79.9. The van der Waals surface area contributed by atoms with Gasteiger partial charge in [0, 0.05) is 49.3 Å². The Hall–Kier alpha value is -1.11. The number of carbonyl (C=O) groups excluding carboxylic acids is 2. The maximum atomic E-state index is 12.8. The van der Waals surface area contributed by atoms with Crippen LogP contribution in [0.2, 0.25) is 0 Å². The average Bonchev–Trinajstić information content (AvgIpc) is 3.20. The van der Waals surface area contributed by atoms with E-state index in [4.69, 9.17) is 0 Å². The maximum Gasteiger partial charge on any atom is 0.228 e. The molecule has 24 heavy (non-hydrogen) atoms. The minimum Gasteiger partial charge on any atom is -0.342 e. The van der Waals surface area contributed by atoms with Crippen molar-refractivity contribution in [1.29, 1.82) is 0 Å². The molecule has 1 aromatic rings. The third-order valence-electron chi connectivity index (χ3n) is 5.30. The van der Waals surface area contributed by atoms with Gasteiger partial charge in [0.2, 0.25) is 11.8 Å². The van der Waals surface area contributed by atoms with Gasteiger partial charge in [0.25, 0.3) is 0 Å². The fourth-order valence-electron chi connectivity index (χ4n) is 4.06. The van der Waals surface area contributed by atoms with Crippen molar-refractivity contribution in [2.24, 2.45) is 17.8 Å². The zero-order valence-electron chi connectivity index (χ0n) is 13.3. The Labute approximate surface area is 156 Å². The number of anilines is 1. The Morgan fingerprint density at radius 3 is 2.54 bits per heavy atom. The van der Waals surface area contributed by atoms with Crippen molar-refractivity contribution in [3.8, 4) is 0 Å². The molecule has 0 saturated carbocycles. The summed E-state index contributed by atoms with van der Waals surface area (Å²) in [7, 11) is 0. The molecule has 3 atom stereocenters. The molecule has 3 heterocycles. The number of benzene rings is 1. The number of amides is 2. The van der Waals surface area contributed by atoms with Crippen LogP contribution in [0, 0.1) is 17.8 Å². The highest BCUT2D eigenvalue weighted by molar-refractivity contribution is 9.10. The van der Waals surface area contributed by atoms with Crippen LogP contribution < -0.4 is 10.2 Å². The van der Waals surface area contributed by atoms with Gasteiger partial charge in [0.1, 0.15) is 0 Å². The molecular weight excluding hydrogens is 394 g/mol. The molecule has 0 bridgehead atoms. The standard InChI is InChI=1S/C17H20BrN3O2.ClH/c18-14-2-1-3-15(5-14)21-10-11(4-16(21)22)17(23)20-8-12-6-19-7-13(12)9-20;/h1-3,5,11-13,19H,4,6-10H2;1H/t11?,12-,13+;. The maximum absolute atomic E-state index is 12.8. The second kappa shape index (κ2) is 7.02. The summed E-state index contributed by atoms with van der Waals surface area (Å²) in [5.41, 5.74) is 0.863. The van der Waals surface area contributed by atoms with E-state index >= 15 is 0 Å². The third-order valence-corrected chi connectivity index (χ3v) is 5.79. The van der Waals surface area contributed by atoms with Crippen molar-refractivity contribution in [1.82, 2.24) is 10.2 Å². The van der Waals surface area contributed by atoms with Crippen molar-refractivity contribution in [3.05, 3.63) is 28.7 Å². The fraction of sp³-hybridized carbons (Fsp3) is 0.529. The molecule has 130 valence electrons. The predicted octanol–water partition coefficient (Wildman–Crippen LogP) is 1.90. The number of nitrogens with zero attached hydrogens (tertiary/aromatic N) is 2. The lowest BCUT2D eigenvalue weighted by Gasteiger charge is -2.22. The zero-order chi connectivity index (χ0) is 16.0. The number of carbonyl (C=O) groups is 2. The largest absolute Gasteiger partial charge is 0.342 e. The topological polar surface area (TPSA) is 52.7 Å². The van der Waals surface area contributed by atoms with Gasteiger partial charge < -0.3 is 15.1 Å². The normalized spacial score (nSPS) is 28.9. The Morgan fingerprint density at radius 1 is 1.17 bits per heavy atom. The van der Waals surface area contributed by atoms with E-state index < -0.39 is 0 Å². The van der Waals surface area contributed by atoms with Crippen LogP contribution in [0.1, 0.15) is 6.42 Å². The molecule has 3 saturated heterocycles. The Bertz CT molecular complexity index is 644. The lowest BCUT2D eigenvalue weighted by atomic mass is 10.0. The van der Waals surface area contributed by atoms with E-state index in [1.54, 1.807) is 4.90 Å². The van der Waals surface area contributed by atoms with Gasteiger partial charge in [-0.15, -0.1) is 12.4 Å². The first-order valence-electron chi connectivity index (χ1n) is 8.17. The number of hydrogen-bond acceptors (Lipinski definition) is 3. The van der Waals surface area contributed by atoms with Crippen LogP contribution in [-0.2, 0) is 9.59 Å². The van der Waals surface area contributed by atoms with Crippen molar-refractivity contribution in [2.45, 2.75) is 6.42 Å². The molecule has 0 spiro atoms. The SMILES string of the molecule is Cl.O=C(C1CC(=O)N(c2cccc(Br)c2)C1)N1C[C@H]2CNC[C@H]2C1. The van der Waals surface area contributed by atoms with Gasteiger partial charge in [0.05, 0.1) is 5.92 Å². The van der Waals surface area contributed by atoms with Crippen LogP contribution in [0.4, 0.5) is 5.69 Å². The molecule has 3 aliphatic rings. The summed E-state index contributed by atoms with van der Waals surface area (Å²) in [6.07, 6.45) is 0.329. The van der Waals surface area contributed by atoms with E-state index in [-0.39, 0.29) is 30.1 Å². The van der Waals surface area contributed by atoms with E-state index in [2.05, 4.69) is 21.2 Å². The van der Waals surface area contributed by atoms with Gasteiger partial charge in [-0.3, -0.25) is 9.59 Å². The number of rotatable bonds is 2. The molecule has 0 aromatic heterocycles. The van der Waals surface area contributed by atoms with E-state index in [0.717, 1.165) is 36.3 Å². The third kappa shape index (κ3) is 3.19. The number of halogens is 2. The molecule has 0 aliphatic carbocycles. The molecule has 4 rings (SSSR count). The van der Waals surface area contributed by atoms with Crippen LogP contribution in [0.5, 0.6) is 0 Å². The van der Waals surface area contributed by atoms with Gasteiger partial charge in [0.15, 0.2) is 0 Å². The summed E-state index contributed by atoms with van der Waals surface area (Å²) in [6, 6.07) is 7.69. The average molecular weight is 415 g/mol. The van der Waals surface area contributed by atoms with Gasteiger partial charge in [-0.05, 0) is 30.0 Å². The molecule has 3 aliphatic heterocycles. The highest BCUT2D eigenvalue weighted by Crippen LogP contribution is 2.31. The smallest absolute Gasteiger partial charge is 0.228 e. The Morgan fingerprint density at radius 2 is 1.88 bits per heavy atom. The molecular formula is C17H21BrClN3O2. The quantitative estimate of drug-likeness (QED) is 0.804. The van der Waals surface area contributed by atoms with Crippen molar-refractivity contribution in [2.75, 3.05) is 37.6 Å². The monoisotopic (exact) mass is 413 g/mol. The molecule has 2 amide bonds. The molecule has 0 radical (unpaired) electrons. The molecule has 5 nitrogen and oxygen atoms in total. The van der Waals surface area contributed by atoms with E-state index in [1.807, 2.05) is 29.2 Å².